The van der Waals surface area contributed by atoms with Gasteiger partial charge in [-0.05, 0) is 44.5 Å². The molecule has 8 heteroatoms. The van der Waals surface area contributed by atoms with Gasteiger partial charge in [0.2, 0.25) is 11.8 Å². The number of hydrogen-bond acceptors (Lipinski definition) is 5. The second-order valence-corrected chi connectivity index (χ2v) is 7.69. The Hall–Kier alpha value is -2.03. The molecule has 2 saturated heterocycles. The summed E-state index contributed by atoms with van der Waals surface area (Å²) in [4.78, 5) is 28.0. The number of carbonyl (C=O) groups excluding carboxylic acids is 2. The molecule has 0 bridgehead atoms. The Balaban J connectivity index is 1.79. The molecule has 27 heavy (non-hydrogen) atoms. The average Bonchev–Trinajstić information content (AvgIpc) is 2.95. The largest absolute Gasteiger partial charge is 0.391 e. The van der Waals surface area contributed by atoms with E-state index in [1.54, 1.807) is 24.1 Å². The Kier molecular flexibility index (Phi) is 5.50. The van der Waals surface area contributed by atoms with Crippen LogP contribution in [0, 0.1) is 5.82 Å². The standard InChI is InChI=1S/C19H27FN4O3/c1-12(25)16(17(21)26)23(2)10-15-7-8-19(11-22-18(19)27)24(15)9-13-3-5-14(20)6-4-13/h3-6,12,15-16,25H,7-11H2,1-2H3,(H2,21,26)(H,22,27). The van der Waals surface area contributed by atoms with E-state index in [1.165, 1.54) is 19.1 Å². The molecule has 1 aromatic rings. The number of β-lactam (4-membered cyclic amide) rings is 1. The van der Waals surface area contributed by atoms with Gasteiger partial charge in [-0.15, -0.1) is 0 Å². The minimum atomic E-state index is -0.889. The molecule has 0 saturated carbocycles. The number of primary amides is 1. The summed E-state index contributed by atoms with van der Waals surface area (Å²) < 4.78 is 13.2. The number of hydrogen-bond donors (Lipinski definition) is 3. The van der Waals surface area contributed by atoms with Gasteiger partial charge < -0.3 is 16.2 Å². The smallest absolute Gasteiger partial charge is 0.242 e. The molecule has 2 fully saturated rings. The Labute approximate surface area is 158 Å². The quantitative estimate of drug-likeness (QED) is 0.572. The molecule has 3 rings (SSSR count). The second kappa shape index (κ2) is 7.53. The van der Waals surface area contributed by atoms with Gasteiger partial charge in [0.05, 0.1) is 6.10 Å². The van der Waals surface area contributed by atoms with Crippen molar-refractivity contribution >= 4 is 11.8 Å². The maximum atomic E-state index is 13.2. The molecular weight excluding hydrogens is 351 g/mol. The zero-order valence-corrected chi connectivity index (χ0v) is 15.7. The van der Waals surface area contributed by atoms with Crippen LogP contribution in [0.5, 0.6) is 0 Å². The van der Waals surface area contributed by atoms with E-state index >= 15 is 0 Å². The molecule has 4 atom stereocenters. The van der Waals surface area contributed by atoms with Gasteiger partial charge in [-0.2, -0.15) is 0 Å². The van der Waals surface area contributed by atoms with Gasteiger partial charge >= 0.3 is 0 Å². The summed E-state index contributed by atoms with van der Waals surface area (Å²) in [6, 6.07) is 5.51. The summed E-state index contributed by atoms with van der Waals surface area (Å²) in [5.74, 6) is -0.864. The van der Waals surface area contributed by atoms with E-state index in [4.69, 9.17) is 5.73 Å². The fourth-order valence-corrected chi connectivity index (χ4v) is 4.38. The van der Waals surface area contributed by atoms with Crippen LogP contribution in [0.15, 0.2) is 24.3 Å². The first-order chi connectivity index (χ1) is 12.7. The Bertz CT molecular complexity index is 711. The van der Waals surface area contributed by atoms with Crippen molar-refractivity contribution in [2.45, 2.75) is 50.0 Å². The van der Waals surface area contributed by atoms with Gasteiger partial charge in [0, 0.05) is 25.7 Å². The molecule has 148 valence electrons. The average molecular weight is 378 g/mol. The second-order valence-electron chi connectivity index (χ2n) is 7.69. The summed E-state index contributed by atoms with van der Waals surface area (Å²) in [5, 5.41) is 12.7. The van der Waals surface area contributed by atoms with E-state index in [9.17, 15) is 19.1 Å². The first kappa shape index (κ1) is 19.7. The molecular formula is C19H27FN4O3. The third-order valence-electron chi connectivity index (χ3n) is 5.83. The van der Waals surface area contributed by atoms with Gasteiger partial charge in [0.1, 0.15) is 17.4 Å². The number of rotatable bonds is 7. The van der Waals surface area contributed by atoms with E-state index in [-0.39, 0.29) is 17.8 Å². The summed E-state index contributed by atoms with van der Waals surface area (Å²) in [6.07, 6.45) is 0.638. The fraction of sp³-hybridized carbons (Fsp3) is 0.579. The Morgan fingerprint density at radius 2 is 2.15 bits per heavy atom. The number of likely N-dealkylation sites (N-methyl/N-ethyl adjacent to an activating group) is 1. The first-order valence-corrected chi connectivity index (χ1v) is 9.22. The molecule has 2 aliphatic rings. The van der Waals surface area contributed by atoms with E-state index in [0.29, 0.717) is 19.6 Å². The number of nitrogens with zero attached hydrogens (tertiary/aromatic N) is 2. The van der Waals surface area contributed by atoms with Crippen molar-refractivity contribution in [1.29, 1.82) is 0 Å². The van der Waals surface area contributed by atoms with Crippen LogP contribution in [-0.2, 0) is 16.1 Å². The fourth-order valence-electron chi connectivity index (χ4n) is 4.38. The van der Waals surface area contributed by atoms with E-state index in [0.717, 1.165) is 18.4 Å². The number of halogens is 1. The summed E-state index contributed by atoms with van der Waals surface area (Å²) in [6.45, 7) is 3.14. The minimum Gasteiger partial charge on any atom is -0.391 e. The van der Waals surface area contributed by atoms with Crippen LogP contribution in [0.2, 0.25) is 0 Å². The van der Waals surface area contributed by atoms with Crippen LogP contribution >= 0.6 is 0 Å². The lowest BCUT2D eigenvalue weighted by molar-refractivity contribution is -0.143. The lowest BCUT2D eigenvalue weighted by atomic mass is 9.88. The lowest BCUT2D eigenvalue weighted by Gasteiger charge is -2.47. The van der Waals surface area contributed by atoms with Crippen LogP contribution in [0.3, 0.4) is 0 Å². The lowest BCUT2D eigenvalue weighted by Crippen LogP contribution is -2.71. The SMILES string of the molecule is CC(O)C(C(N)=O)N(C)CC1CCC2(CNC2=O)N1Cc1ccc(F)cc1. The highest BCUT2D eigenvalue weighted by Gasteiger charge is 2.56. The van der Waals surface area contributed by atoms with Crippen LogP contribution < -0.4 is 11.1 Å². The van der Waals surface area contributed by atoms with Crippen molar-refractivity contribution < 1.29 is 19.1 Å². The van der Waals surface area contributed by atoms with Crippen molar-refractivity contribution in [1.82, 2.24) is 15.1 Å². The third kappa shape index (κ3) is 3.69. The number of benzene rings is 1. The van der Waals surface area contributed by atoms with Crippen molar-refractivity contribution in [2.75, 3.05) is 20.1 Å². The number of aliphatic hydroxyl groups excluding tert-OH is 1. The van der Waals surface area contributed by atoms with E-state index in [1.807, 2.05) is 0 Å². The van der Waals surface area contributed by atoms with Gasteiger partial charge in [0.25, 0.3) is 0 Å². The van der Waals surface area contributed by atoms with Crippen LogP contribution in [0.25, 0.3) is 0 Å². The van der Waals surface area contributed by atoms with Gasteiger partial charge in [0.15, 0.2) is 0 Å². The van der Waals surface area contributed by atoms with Gasteiger partial charge in [-0.1, -0.05) is 12.1 Å². The molecule has 0 aromatic heterocycles. The molecule has 2 aliphatic heterocycles. The maximum Gasteiger partial charge on any atom is 0.242 e. The van der Waals surface area contributed by atoms with Crippen LogP contribution in [0.1, 0.15) is 25.3 Å². The summed E-state index contributed by atoms with van der Waals surface area (Å²) in [5.41, 5.74) is 5.82. The molecule has 2 amide bonds. The van der Waals surface area contributed by atoms with Gasteiger partial charge in [-0.3, -0.25) is 19.4 Å². The number of carbonyl (C=O) groups is 2. The normalized spacial score (nSPS) is 27.4. The Morgan fingerprint density at radius 3 is 2.63 bits per heavy atom. The molecule has 4 unspecified atom stereocenters. The minimum absolute atomic E-state index is 0.0109. The highest BCUT2D eigenvalue weighted by Crippen LogP contribution is 2.39. The molecule has 1 aromatic carbocycles. The van der Waals surface area contributed by atoms with Crippen molar-refractivity contribution in [3.05, 3.63) is 35.6 Å². The highest BCUT2D eigenvalue weighted by molar-refractivity contribution is 5.93. The van der Waals surface area contributed by atoms with E-state index < -0.39 is 23.6 Å². The molecule has 0 aliphatic carbocycles. The molecule has 0 radical (unpaired) electrons. The third-order valence-corrected chi connectivity index (χ3v) is 5.83. The van der Waals surface area contributed by atoms with Crippen LogP contribution in [0.4, 0.5) is 4.39 Å². The van der Waals surface area contributed by atoms with Crippen molar-refractivity contribution in [3.63, 3.8) is 0 Å². The number of likely N-dealkylation sites (tertiary alicyclic amines) is 1. The number of aliphatic hydroxyl groups is 1. The monoisotopic (exact) mass is 378 g/mol. The first-order valence-electron chi connectivity index (χ1n) is 9.22. The predicted octanol–water partition coefficient (Wildman–Crippen LogP) is -0.175. The predicted molar refractivity (Wildman–Crippen MR) is 98.0 cm³/mol. The van der Waals surface area contributed by atoms with Crippen molar-refractivity contribution in [2.24, 2.45) is 5.73 Å². The molecule has 7 nitrogen and oxygen atoms in total. The zero-order chi connectivity index (χ0) is 19.8. The van der Waals surface area contributed by atoms with Crippen LogP contribution in [-0.4, -0.2) is 70.6 Å². The molecule has 2 heterocycles. The molecule has 4 N–H and O–H groups in total. The van der Waals surface area contributed by atoms with E-state index in [2.05, 4.69) is 10.2 Å². The number of nitrogens with one attached hydrogen (secondary N) is 1. The highest BCUT2D eigenvalue weighted by atomic mass is 19.1. The summed E-state index contributed by atoms with van der Waals surface area (Å²) >= 11 is 0. The van der Waals surface area contributed by atoms with Crippen molar-refractivity contribution in [3.8, 4) is 0 Å². The topological polar surface area (TPSA) is 98.9 Å². The maximum absolute atomic E-state index is 13.2. The zero-order valence-electron chi connectivity index (χ0n) is 15.7. The number of nitrogens with two attached hydrogens (primary N) is 1. The molecule has 1 spiro atoms. The summed E-state index contributed by atoms with van der Waals surface area (Å²) in [7, 11) is 1.75. The Morgan fingerprint density at radius 1 is 1.48 bits per heavy atom. The number of amides is 2. The van der Waals surface area contributed by atoms with Gasteiger partial charge in [-0.25, -0.2) is 4.39 Å².